The van der Waals surface area contributed by atoms with Gasteiger partial charge < -0.3 is 10.1 Å². The lowest BCUT2D eigenvalue weighted by molar-refractivity contribution is 0.326. The second kappa shape index (κ2) is 7.68. The number of nitrogens with one attached hydrogen (secondary N) is 1. The number of benzene rings is 1. The maximum absolute atomic E-state index is 5.55. The van der Waals surface area contributed by atoms with Crippen molar-refractivity contribution in [2.24, 2.45) is 5.41 Å². The zero-order valence-corrected chi connectivity index (χ0v) is 14.0. The number of aryl methyl sites for hydroxylation is 1. The molecule has 0 saturated carbocycles. The van der Waals surface area contributed by atoms with Gasteiger partial charge in [0.25, 0.3) is 0 Å². The fraction of sp³-hybridized carbons (Fsp3) is 0.667. The van der Waals surface area contributed by atoms with E-state index in [-0.39, 0.29) is 0 Å². The van der Waals surface area contributed by atoms with E-state index in [9.17, 15) is 0 Å². The SMILES string of the molecule is CCCNC(CCC(C)(C)C)c1cc(C)ccc1OC. The van der Waals surface area contributed by atoms with E-state index in [1.165, 1.54) is 17.5 Å². The number of ether oxygens (including phenoxy) is 1. The molecule has 2 heteroatoms. The molecule has 1 rings (SSSR count). The van der Waals surface area contributed by atoms with Crippen LogP contribution < -0.4 is 10.1 Å². The molecule has 0 saturated heterocycles. The molecule has 0 aliphatic carbocycles. The minimum absolute atomic E-state index is 0.364. The van der Waals surface area contributed by atoms with Gasteiger partial charge in [-0.05, 0) is 44.2 Å². The van der Waals surface area contributed by atoms with Gasteiger partial charge in [-0.2, -0.15) is 0 Å². The minimum Gasteiger partial charge on any atom is -0.496 e. The van der Waals surface area contributed by atoms with Gasteiger partial charge in [-0.3, -0.25) is 0 Å². The summed E-state index contributed by atoms with van der Waals surface area (Å²) >= 11 is 0. The van der Waals surface area contributed by atoms with Gasteiger partial charge in [-0.15, -0.1) is 0 Å². The Labute approximate surface area is 124 Å². The third kappa shape index (κ3) is 5.54. The molecule has 1 atom stereocenters. The predicted molar refractivity (Wildman–Crippen MR) is 87.5 cm³/mol. The Morgan fingerprint density at radius 2 is 1.95 bits per heavy atom. The summed E-state index contributed by atoms with van der Waals surface area (Å²) in [5.74, 6) is 0.998. The van der Waals surface area contributed by atoms with E-state index >= 15 is 0 Å². The van der Waals surface area contributed by atoms with Crippen LogP contribution in [0.1, 0.15) is 64.1 Å². The minimum atomic E-state index is 0.364. The van der Waals surface area contributed by atoms with Crippen LogP contribution in [0.5, 0.6) is 5.75 Å². The topological polar surface area (TPSA) is 21.3 Å². The average Bonchev–Trinajstić information content (AvgIpc) is 2.37. The molecule has 20 heavy (non-hydrogen) atoms. The average molecular weight is 277 g/mol. The summed E-state index contributed by atoms with van der Waals surface area (Å²) in [6.45, 7) is 12.3. The lowest BCUT2D eigenvalue weighted by Gasteiger charge is -2.26. The predicted octanol–water partition coefficient (Wildman–Crippen LogP) is 4.87. The molecule has 0 heterocycles. The molecule has 0 amide bonds. The molecule has 1 aromatic rings. The van der Waals surface area contributed by atoms with Gasteiger partial charge in [-0.1, -0.05) is 45.4 Å². The second-order valence-electron chi connectivity index (χ2n) is 6.85. The summed E-state index contributed by atoms with van der Waals surface area (Å²) in [6, 6.07) is 6.84. The smallest absolute Gasteiger partial charge is 0.123 e. The van der Waals surface area contributed by atoms with Gasteiger partial charge in [0, 0.05) is 11.6 Å². The van der Waals surface area contributed by atoms with Gasteiger partial charge in [-0.25, -0.2) is 0 Å². The Morgan fingerprint density at radius 3 is 2.50 bits per heavy atom. The summed E-state index contributed by atoms with van der Waals surface area (Å²) < 4.78 is 5.55. The third-order valence-corrected chi connectivity index (χ3v) is 3.58. The first kappa shape index (κ1) is 17.0. The van der Waals surface area contributed by atoms with Gasteiger partial charge >= 0.3 is 0 Å². The van der Waals surface area contributed by atoms with E-state index in [4.69, 9.17) is 4.74 Å². The van der Waals surface area contributed by atoms with Crippen molar-refractivity contribution in [3.63, 3.8) is 0 Å². The van der Waals surface area contributed by atoms with Crippen LogP contribution >= 0.6 is 0 Å². The van der Waals surface area contributed by atoms with Crippen LogP contribution in [0.3, 0.4) is 0 Å². The number of rotatable bonds is 7. The maximum Gasteiger partial charge on any atom is 0.123 e. The van der Waals surface area contributed by atoms with Crippen LogP contribution in [0.2, 0.25) is 0 Å². The molecule has 0 aliphatic heterocycles. The molecule has 0 aromatic heterocycles. The van der Waals surface area contributed by atoms with Crippen LogP contribution in [0, 0.1) is 12.3 Å². The summed E-state index contributed by atoms with van der Waals surface area (Å²) in [7, 11) is 1.76. The van der Waals surface area contributed by atoms with E-state index < -0.39 is 0 Å². The quantitative estimate of drug-likeness (QED) is 0.767. The van der Waals surface area contributed by atoms with E-state index in [1.807, 2.05) is 0 Å². The monoisotopic (exact) mass is 277 g/mol. The summed E-state index contributed by atoms with van der Waals surface area (Å²) in [4.78, 5) is 0. The van der Waals surface area contributed by atoms with Crippen LogP contribution in [-0.4, -0.2) is 13.7 Å². The zero-order valence-electron chi connectivity index (χ0n) is 14.0. The molecule has 0 fully saturated rings. The molecule has 1 unspecified atom stereocenters. The van der Waals surface area contributed by atoms with E-state index in [0.717, 1.165) is 25.1 Å². The van der Waals surface area contributed by atoms with Crippen LogP contribution in [-0.2, 0) is 0 Å². The fourth-order valence-corrected chi connectivity index (χ4v) is 2.39. The highest BCUT2D eigenvalue weighted by molar-refractivity contribution is 5.39. The van der Waals surface area contributed by atoms with Crippen LogP contribution in [0.25, 0.3) is 0 Å². The molecular formula is C18H31NO. The third-order valence-electron chi connectivity index (χ3n) is 3.58. The van der Waals surface area contributed by atoms with Gasteiger partial charge in [0.1, 0.15) is 5.75 Å². The van der Waals surface area contributed by atoms with E-state index in [1.54, 1.807) is 7.11 Å². The number of methoxy groups -OCH3 is 1. The van der Waals surface area contributed by atoms with Crippen LogP contribution in [0.15, 0.2) is 18.2 Å². The van der Waals surface area contributed by atoms with Crippen LogP contribution in [0.4, 0.5) is 0 Å². The first-order valence-corrected chi connectivity index (χ1v) is 7.75. The Morgan fingerprint density at radius 1 is 1.25 bits per heavy atom. The Hall–Kier alpha value is -1.02. The Bertz CT molecular complexity index is 406. The Balaban J connectivity index is 2.94. The van der Waals surface area contributed by atoms with Crippen molar-refractivity contribution in [2.75, 3.05) is 13.7 Å². The summed E-state index contributed by atoms with van der Waals surface area (Å²) in [6.07, 6.45) is 3.49. The molecule has 0 bridgehead atoms. The lowest BCUT2D eigenvalue weighted by Crippen LogP contribution is -2.24. The van der Waals surface area contributed by atoms with Crippen molar-refractivity contribution >= 4 is 0 Å². The van der Waals surface area contributed by atoms with Crippen molar-refractivity contribution in [1.82, 2.24) is 5.32 Å². The highest BCUT2D eigenvalue weighted by Crippen LogP contribution is 2.32. The molecule has 0 spiro atoms. The molecule has 114 valence electrons. The number of hydrogen-bond acceptors (Lipinski definition) is 2. The highest BCUT2D eigenvalue weighted by atomic mass is 16.5. The van der Waals surface area contributed by atoms with Gasteiger partial charge in [0.05, 0.1) is 7.11 Å². The molecule has 1 N–H and O–H groups in total. The molecule has 2 nitrogen and oxygen atoms in total. The lowest BCUT2D eigenvalue weighted by atomic mass is 9.86. The first-order valence-electron chi connectivity index (χ1n) is 7.75. The molecular weight excluding hydrogens is 246 g/mol. The fourth-order valence-electron chi connectivity index (χ4n) is 2.39. The van der Waals surface area contributed by atoms with Crippen molar-refractivity contribution in [2.45, 2.75) is 59.9 Å². The molecule has 0 radical (unpaired) electrons. The summed E-state index contributed by atoms with van der Waals surface area (Å²) in [5, 5.41) is 3.68. The van der Waals surface area contributed by atoms with E-state index in [2.05, 4.69) is 58.1 Å². The zero-order chi connectivity index (χ0) is 15.2. The molecule has 0 aliphatic rings. The summed E-state index contributed by atoms with van der Waals surface area (Å²) in [5.41, 5.74) is 2.95. The van der Waals surface area contributed by atoms with Crippen molar-refractivity contribution in [3.05, 3.63) is 29.3 Å². The maximum atomic E-state index is 5.55. The van der Waals surface area contributed by atoms with E-state index in [0.29, 0.717) is 11.5 Å². The highest BCUT2D eigenvalue weighted by Gasteiger charge is 2.19. The van der Waals surface area contributed by atoms with Crippen molar-refractivity contribution < 1.29 is 4.74 Å². The first-order chi connectivity index (χ1) is 9.37. The number of hydrogen-bond donors (Lipinski definition) is 1. The van der Waals surface area contributed by atoms with Gasteiger partial charge in [0.15, 0.2) is 0 Å². The largest absolute Gasteiger partial charge is 0.496 e. The Kier molecular flexibility index (Phi) is 6.54. The van der Waals surface area contributed by atoms with Gasteiger partial charge in [0.2, 0.25) is 0 Å². The normalized spacial score (nSPS) is 13.3. The molecule has 1 aromatic carbocycles. The van der Waals surface area contributed by atoms with Crippen molar-refractivity contribution in [3.8, 4) is 5.75 Å². The van der Waals surface area contributed by atoms with Crippen molar-refractivity contribution in [1.29, 1.82) is 0 Å². The second-order valence-corrected chi connectivity index (χ2v) is 6.85. The standard InChI is InChI=1S/C18H31NO/c1-7-12-19-16(10-11-18(3,4)5)15-13-14(2)8-9-17(15)20-6/h8-9,13,16,19H,7,10-12H2,1-6H3.